The number of aromatic nitrogens is 2. The molecule has 7 rings (SSSR count). The van der Waals surface area contributed by atoms with Gasteiger partial charge in [0.2, 0.25) is 0 Å². The average Bonchev–Trinajstić information content (AvgIpc) is 3.17. The molecule has 0 amide bonds. The topological polar surface area (TPSA) is 44.0 Å². The predicted molar refractivity (Wildman–Crippen MR) is 297 cm³/mol. The van der Waals surface area contributed by atoms with Gasteiger partial charge < -0.3 is 9.13 Å². The summed E-state index contributed by atoms with van der Waals surface area (Å²) >= 11 is 0. The second-order valence-corrected chi connectivity index (χ2v) is 28.6. The van der Waals surface area contributed by atoms with Gasteiger partial charge in [-0.15, -0.1) is 0 Å². The summed E-state index contributed by atoms with van der Waals surface area (Å²) in [6.45, 7) is 54.3. The molecule has 0 saturated carbocycles. The molecular formula is C64H84N2O2. The van der Waals surface area contributed by atoms with Gasteiger partial charge in [-0.25, -0.2) is 0 Å². The van der Waals surface area contributed by atoms with Crippen LogP contribution in [-0.4, -0.2) is 9.13 Å². The van der Waals surface area contributed by atoms with Gasteiger partial charge in [0.25, 0.3) is 0 Å². The molecule has 0 aliphatic heterocycles. The lowest BCUT2D eigenvalue weighted by Crippen LogP contribution is -2.24. The van der Waals surface area contributed by atoms with Gasteiger partial charge in [-0.1, -0.05) is 178 Å². The Balaban J connectivity index is 1.86. The fourth-order valence-electron chi connectivity index (χ4n) is 10.0. The molecule has 0 unspecified atom stereocenters. The molecule has 362 valence electrons. The molecule has 0 atom stereocenters. The molecule has 0 saturated heterocycles. The highest BCUT2D eigenvalue weighted by molar-refractivity contribution is 6.06. The number of benzene rings is 5. The van der Waals surface area contributed by atoms with Gasteiger partial charge in [-0.2, -0.15) is 0 Å². The van der Waals surface area contributed by atoms with Gasteiger partial charge in [-0.05, 0) is 148 Å². The molecule has 2 heterocycles. The SMILES string of the molecule is CC(C)(C)c1cc(-n2c3cc(C(C)(C)C)c(C(C)(C)C)cc3c(=O)c3cc4c(cc32)c(=O)c2cc(C(C)(C)C)c(C(C)(C)C)cc2n4-c2cc(C(C)(C)C)cc(C(C)(C)C)c2)cc(C(C)(C)C)c1. The Kier molecular flexibility index (Phi) is 11.8. The highest BCUT2D eigenvalue weighted by Gasteiger charge is 2.32. The Morgan fingerprint density at radius 2 is 0.456 bits per heavy atom. The second-order valence-electron chi connectivity index (χ2n) is 28.6. The number of pyridine rings is 2. The zero-order chi connectivity index (χ0) is 51.2. The van der Waals surface area contributed by atoms with Crippen molar-refractivity contribution >= 4 is 43.6 Å². The molecular weight excluding hydrogens is 829 g/mol. The fourth-order valence-corrected chi connectivity index (χ4v) is 10.0. The van der Waals surface area contributed by atoms with Crippen molar-refractivity contribution in [1.29, 1.82) is 0 Å². The van der Waals surface area contributed by atoms with E-state index in [1.165, 1.54) is 44.5 Å². The van der Waals surface area contributed by atoms with Crippen LogP contribution in [0.15, 0.2) is 82.4 Å². The molecule has 5 aromatic carbocycles. The van der Waals surface area contributed by atoms with Crippen molar-refractivity contribution < 1.29 is 0 Å². The van der Waals surface area contributed by atoms with Gasteiger partial charge >= 0.3 is 0 Å². The fraction of sp³-hybridized carbons (Fsp3) is 0.500. The summed E-state index contributed by atoms with van der Waals surface area (Å²) in [7, 11) is 0. The van der Waals surface area contributed by atoms with E-state index >= 15 is 9.59 Å². The lowest BCUT2D eigenvalue weighted by molar-refractivity contribution is 0.531. The minimum atomic E-state index is -0.225. The summed E-state index contributed by atoms with van der Waals surface area (Å²) < 4.78 is 4.62. The third kappa shape index (κ3) is 9.15. The molecule has 2 aromatic heterocycles. The van der Waals surface area contributed by atoms with Crippen LogP contribution in [0.1, 0.15) is 211 Å². The zero-order valence-electron chi connectivity index (χ0n) is 46.6. The van der Waals surface area contributed by atoms with Crippen LogP contribution in [-0.2, 0) is 43.3 Å². The van der Waals surface area contributed by atoms with E-state index in [1.807, 2.05) is 0 Å². The summed E-state index contributed by atoms with van der Waals surface area (Å²) in [6.07, 6.45) is 0. The molecule has 4 nitrogen and oxygen atoms in total. The summed E-state index contributed by atoms with van der Waals surface area (Å²) in [6, 6.07) is 27.0. The van der Waals surface area contributed by atoms with Gasteiger partial charge in [0.15, 0.2) is 10.9 Å². The normalized spacial score (nSPS) is 14.0. The van der Waals surface area contributed by atoms with Crippen molar-refractivity contribution in [3.8, 4) is 11.4 Å². The van der Waals surface area contributed by atoms with Gasteiger partial charge in [0.1, 0.15) is 0 Å². The molecule has 0 N–H and O–H groups in total. The van der Waals surface area contributed by atoms with Gasteiger partial charge in [0, 0.05) is 32.9 Å². The molecule has 0 aliphatic rings. The zero-order valence-corrected chi connectivity index (χ0v) is 46.6. The van der Waals surface area contributed by atoms with Crippen molar-refractivity contribution in [2.24, 2.45) is 0 Å². The molecule has 0 radical (unpaired) electrons. The van der Waals surface area contributed by atoms with Gasteiger partial charge in [-0.3, -0.25) is 9.59 Å². The summed E-state index contributed by atoms with van der Waals surface area (Å²) in [4.78, 5) is 31.6. The first-order valence-corrected chi connectivity index (χ1v) is 25.2. The van der Waals surface area contributed by atoms with Crippen LogP contribution in [0.2, 0.25) is 0 Å². The molecule has 0 fully saturated rings. The van der Waals surface area contributed by atoms with Crippen molar-refractivity contribution in [3.63, 3.8) is 0 Å². The van der Waals surface area contributed by atoms with E-state index in [9.17, 15) is 0 Å². The van der Waals surface area contributed by atoms with E-state index < -0.39 is 0 Å². The van der Waals surface area contributed by atoms with E-state index in [1.54, 1.807) is 0 Å². The molecule has 68 heavy (non-hydrogen) atoms. The van der Waals surface area contributed by atoms with Crippen LogP contribution in [0.4, 0.5) is 0 Å². The largest absolute Gasteiger partial charge is 0.309 e. The predicted octanol–water partition coefficient (Wildman–Crippen LogP) is 17.0. The number of hydrogen-bond acceptors (Lipinski definition) is 2. The van der Waals surface area contributed by atoms with Crippen molar-refractivity contribution in [2.75, 3.05) is 0 Å². The van der Waals surface area contributed by atoms with Crippen molar-refractivity contribution in [2.45, 2.75) is 209 Å². The van der Waals surface area contributed by atoms with E-state index in [0.29, 0.717) is 21.5 Å². The van der Waals surface area contributed by atoms with Crippen LogP contribution in [0.3, 0.4) is 0 Å². The van der Waals surface area contributed by atoms with Crippen LogP contribution >= 0.6 is 0 Å². The first kappa shape index (κ1) is 50.9. The third-order valence-corrected chi connectivity index (χ3v) is 14.4. The minimum Gasteiger partial charge on any atom is -0.309 e. The molecule has 7 aromatic rings. The van der Waals surface area contributed by atoms with E-state index in [-0.39, 0.29) is 54.2 Å². The van der Waals surface area contributed by atoms with Crippen molar-refractivity contribution in [3.05, 3.63) is 138 Å². The molecule has 0 aliphatic carbocycles. The maximum Gasteiger partial charge on any atom is 0.197 e. The van der Waals surface area contributed by atoms with Crippen LogP contribution in [0, 0.1) is 0 Å². The highest BCUT2D eigenvalue weighted by Crippen LogP contribution is 2.43. The average molecular weight is 913 g/mol. The monoisotopic (exact) mass is 913 g/mol. The lowest BCUT2D eigenvalue weighted by Gasteiger charge is -2.32. The summed E-state index contributed by atoms with van der Waals surface area (Å²) in [5.74, 6) is 0. The second kappa shape index (κ2) is 15.8. The summed E-state index contributed by atoms with van der Waals surface area (Å²) in [5.41, 5.74) is 13.2. The standard InChI is InChI=1S/C64H84N2O2/c1-57(2,3)37-25-38(58(4,5)6)28-41(27-37)65-51-33-46-52(34-45(51)55(67)43-31-47(61(13,14)15)49(35-53(43)65)63(19,20)21)66(42-29-39(59(7,8)9)26-40(30-42)60(10,11)12)54-36-50(64(22,23)24)48(62(16,17)18)32-44(54)56(46)68/h25-36H,1-24H3. The Labute approximate surface area is 409 Å². The Morgan fingerprint density at radius 3 is 0.676 bits per heavy atom. The van der Waals surface area contributed by atoms with Crippen LogP contribution in [0.25, 0.3) is 55.0 Å². The maximum atomic E-state index is 15.8. The highest BCUT2D eigenvalue weighted by atomic mass is 16.1. The Hall–Kier alpha value is -4.96. The van der Waals surface area contributed by atoms with Crippen LogP contribution in [0.5, 0.6) is 0 Å². The lowest BCUT2D eigenvalue weighted by atomic mass is 9.74. The third-order valence-electron chi connectivity index (χ3n) is 14.4. The number of nitrogens with zero attached hydrogens (tertiary/aromatic N) is 2. The van der Waals surface area contributed by atoms with Gasteiger partial charge in [0.05, 0.1) is 22.1 Å². The number of rotatable bonds is 2. The number of fused-ring (bicyclic) bond motifs is 4. The Morgan fingerprint density at radius 1 is 0.250 bits per heavy atom. The maximum absolute atomic E-state index is 15.8. The first-order chi connectivity index (χ1) is 30.6. The van der Waals surface area contributed by atoms with E-state index in [4.69, 9.17) is 0 Å². The molecule has 0 spiro atoms. The smallest absolute Gasteiger partial charge is 0.197 e. The summed E-state index contributed by atoms with van der Waals surface area (Å²) in [5, 5.41) is 2.53. The van der Waals surface area contributed by atoms with E-state index in [0.717, 1.165) is 33.4 Å². The number of hydrogen-bond donors (Lipinski definition) is 0. The Bertz CT molecular complexity index is 3020. The van der Waals surface area contributed by atoms with Crippen LogP contribution < -0.4 is 10.9 Å². The molecule has 4 heteroatoms. The van der Waals surface area contributed by atoms with E-state index in [2.05, 4.69) is 248 Å². The quantitative estimate of drug-likeness (QED) is 0.162. The van der Waals surface area contributed by atoms with Crippen molar-refractivity contribution in [1.82, 2.24) is 9.13 Å². The minimum absolute atomic E-state index is 0.0292. The molecule has 0 bridgehead atoms. The first-order valence-electron chi connectivity index (χ1n) is 25.2.